The quantitative estimate of drug-likeness (QED) is 0.601. The van der Waals surface area contributed by atoms with E-state index in [1.54, 1.807) is 18.2 Å². The van der Waals surface area contributed by atoms with Gasteiger partial charge in [0, 0.05) is 38.4 Å². The largest absolute Gasteiger partial charge is 0.386 e. The Morgan fingerprint density at radius 2 is 2.26 bits per heavy atom. The van der Waals surface area contributed by atoms with Crippen LogP contribution in [0.25, 0.3) is 0 Å². The summed E-state index contributed by atoms with van der Waals surface area (Å²) in [5.74, 6) is 0.930. The van der Waals surface area contributed by atoms with E-state index in [4.69, 9.17) is 0 Å². The minimum absolute atomic E-state index is 0.132. The van der Waals surface area contributed by atoms with E-state index in [-0.39, 0.29) is 12.1 Å². The number of likely N-dealkylation sites (tertiary alicyclic amines) is 1. The predicted molar refractivity (Wildman–Crippen MR) is 104 cm³/mol. The van der Waals surface area contributed by atoms with Crippen LogP contribution in [-0.2, 0) is 13.5 Å². The van der Waals surface area contributed by atoms with E-state index < -0.39 is 11.9 Å². The minimum Gasteiger partial charge on any atom is -0.386 e. The summed E-state index contributed by atoms with van der Waals surface area (Å²) in [5, 5.41) is 17.8. The smallest absolute Gasteiger partial charge is 0.194 e. The Morgan fingerprint density at radius 1 is 1.44 bits per heavy atom. The predicted octanol–water partition coefficient (Wildman–Crippen LogP) is 2.12. The Kier molecular flexibility index (Phi) is 6.45. The number of aliphatic hydroxyl groups excluding tert-OH is 1. The number of rotatable bonds is 6. The first kappa shape index (κ1) is 19.4. The lowest BCUT2D eigenvalue weighted by Gasteiger charge is -2.22. The number of hydrogen-bond acceptors (Lipinski definition) is 3. The summed E-state index contributed by atoms with van der Waals surface area (Å²) in [6.07, 6.45) is 5.13. The first-order chi connectivity index (χ1) is 13.1. The Bertz CT molecular complexity index is 775. The molecule has 0 bridgehead atoms. The number of benzene rings is 1. The minimum atomic E-state index is -0.950. The highest BCUT2D eigenvalue weighted by molar-refractivity contribution is 5.80. The van der Waals surface area contributed by atoms with Crippen LogP contribution in [0.3, 0.4) is 0 Å². The molecule has 1 aliphatic heterocycles. The fourth-order valence-corrected chi connectivity index (χ4v) is 3.54. The lowest BCUT2D eigenvalue weighted by molar-refractivity contribution is 0.181. The number of hydrogen-bond donors (Lipinski definition) is 2. The van der Waals surface area contributed by atoms with Crippen LogP contribution in [0.15, 0.2) is 41.7 Å². The SMILES string of the molecule is CCNC(=NCC(O)c1ccccc1F)N1CCC(Cc2cnn(C)c2)C1. The average Bonchev–Trinajstić information content (AvgIpc) is 3.28. The van der Waals surface area contributed by atoms with E-state index in [9.17, 15) is 9.50 Å². The lowest BCUT2D eigenvalue weighted by atomic mass is 10.0. The molecule has 0 saturated carbocycles. The summed E-state index contributed by atoms with van der Waals surface area (Å²) >= 11 is 0. The van der Waals surface area contributed by atoms with Gasteiger partial charge in [0.25, 0.3) is 0 Å². The summed E-state index contributed by atoms with van der Waals surface area (Å²) in [6.45, 7) is 4.74. The highest BCUT2D eigenvalue weighted by Gasteiger charge is 2.25. The normalized spacial score (nSPS) is 18.7. The van der Waals surface area contributed by atoms with Gasteiger partial charge >= 0.3 is 0 Å². The van der Waals surface area contributed by atoms with Crippen LogP contribution in [0, 0.1) is 11.7 Å². The molecule has 1 fully saturated rings. The van der Waals surface area contributed by atoms with Crippen molar-refractivity contribution < 1.29 is 9.50 Å². The molecule has 1 aliphatic rings. The first-order valence-corrected chi connectivity index (χ1v) is 9.50. The summed E-state index contributed by atoms with van der Waals surface area (Å²) in [5.41, 5.74) is 1.54. The van der Waals surface area contributed by atoms with Crippen LogP contribution in [0.2, 0.25) is 0 Å². The number of aliphatic imine (C=N–C) groups is 1. The van der Waals surface area contributed by atoms with Crippen molar-refractivity contribution in [3.63, 3.8) is 0 Å². The summed E-state index contributed by atoms with van der Waals surface area (Å²) in [7, 11) is 1.93. The van der Waals surface area contributed by atoms with Crippen molar-refractivity contribution in [2.75, 3.05) is 26.2 Å². The van der Waals surface area contributed by atoms with Gasteiger partial charge in [0.2, 0.25) is 0 Å². The molecule has 146 valence electrons. The molecule has 7 heteroatoms. The molecular weight excluding hydrogens is 345 g/mol. The van der Waals surface area contributed by atoms with Crippen LogP contribution in [0.4, 0.5) is 4.39 Å². The van der Waals surface area contributed by atoms with Gasteiger partial charge < -0.3 is 15.3 Å². The second-order valence-electron chi connectivity index (χ2n) is 7.06. The van der Waals surface area contributed by atoms with Crippen molar-refractivity contribution in [2.45, 2.75) is 25.9 Å². The molecular formula is C20H28FN5O. The van der Waals surface area contributed by atoms with Gasteiger partial charge in [0.1, 0.15) is 11.9 Å². The summed E-state index contributed by atoms with van der Waals surface area (Å²) in [4.78, 5) is 6.78. The maximum absolute atomic E-state index is 13.8. The molecule has 2 aromatic rings. The Balaban J connectivity index is 1.61. The molecule has 2 unspecified atom stereocenters. The zero-order valence-corrected chi connectivity index (χ0v) is 16.0. The van der Waals surface area contributed by atoms with Crippen LogP contribution < -0.4 is 5.32 Å². The summed E-state index contributed by atoms with van der Waals surface area (Å²) < 4.78 is 15.7. The highest BCUT2D eigenvalue weighted by Crippen LogP contribution is 2.21. The van der Waals surface area contributed by atoms with Gasteiger partial charge in [-0.2, -0.15) is 5.10 Å². The molecule has 2 atom stereocenters. The Morgan fingerprint density at radius 3 is 2.96 bits per heavy atom. The Hall–Kier alpha value is -2.41. The third-order valence-corrected chi connectivity index (χ3v) is 4.88. The average molecular weight is 373 g/mol. The van der Waals surface area contributed by atoms with Crippen LogP contribution in [0.5, 0.6) is 0 Å². The van der Waals surface area contributed by atoms with Crippen molar-refractivity contribution >= 4 is 5.96 Å². The molecule has 1 saturated heterocycles. The third-order valence-electron chi connectivity index (χ3n) is 4.88. The first-order valence-electron chi connectivity index (χ1n) is 9.50. The number of nitrogens with zero attached hydrogens (tertiary/aromatic N) is 4. The molecule has 1 aromatic heterocycles. The molecule has 0 aliphatic carbocycles. The van der Waals surface area contributed by atoms with Gasteiger partial charge in [-0.05, 0) is 37.3 Å². The molecule has 0 spiro atoms. The fourth-order valence-electron chi connectivity index (χ4n) is 3.54. The molecule has 0 radical (unpaired) electrons. The van der Waals surface area contributed by atoms with Crippen LogP contribution >= 0.6 is 0 Å². The summed E-state index contributed by atoms with van der Waals surface area (Å²) in [6, 6.07) is 6.30. The van der Waals surface area contributed by atoms with Gasteiger partial charge in [0.05, 0.1) is 12.7 Å². The number of guanidine groups is 1. The zero-order valence-electron chi connectivity index (χ0n) is 16.0. The highest BCUT2D eigenvalue weighted by atomic mass is 19.1. The van der Waals surface area contributed by atoms with Crippen molar-refractivity contribution in [1.29, 1.82) is 0 Å². The standard InChI is InChI=1S/C20H28FN5O/c1-3-22-20(23-12-19(27)17-6-4-5-7-18(17)21)26-9-8-15(14-26)10-16-11-24-25(2)13-16/h4-7,11,13,15,19,27H,3,8-10,12,14H2,1-2H3,(H,22,23). The van der Waals surface area contributed by atoms with Gasteiger partial charge in [0.15, 0.2) is 5.96 Å². The second kappa shape index (κ2) is 8.99. The maximum Gasteiger partial charge on any atom is 0.194 e. The van der Waals surface area contributed by atoms with Gasteiger partial charge in [-0.15, -0.1) is 0 Å². The third kappa shape index (κ3) is 5.07. The molecule has 2 N–H and O–H groups in total. The molecule has 6 nitrogen and oxygen atoms in total. The monoisotopic (exact) mass is 373 g/mol. The van der Waals surface area contributed by atoms with Gasteiger partial charge in [-0.25, -0.2) is 4.39 Å². The molecule has 27 heavy (non-hydrogen) atoms. The van der Waals surface area contributed by atoms with Crippen molar-refractivity contribution in [3.8, 4) is 0 Å². The van der Waals surface area contributed by atoms with Gasteiger partial charge in [-0.3, -0.25) is 9.67 Å². The number of aliphatic hydroxyl groups is 1. The molecule has 2 heterocycles. The van der Waals surface area contributed by atoms with E-state index in [0.717, 1.165) is 38.4 Å². The van der Waals surface area contributed by atoms with E-state index in [1.807, 2.05) is 24.9 Å². The fraction of sp³-hybridized carbons (Fsp3) is 0.500. The molecule has 1 aromatic carbocycles. The second-order valence-corrected chi connectivity index (χ2v) is 7.06. The van der Waals surface area contributed by atoms with E-state index >= 15 is 0 Å². The lowest BCUT2D eigenvalue weighted by Crippen LogP contribution is -2.40. The number of aromatic nitrogens is 2. The topological polar surface area (TPSA) is 65.7 Å². The number of aryl methyl sites for hydroxylation is 1. The molecule has 3 rings (SSSR count). The number of halogens is 1. The van der Waals surface area contributed by atoms with Gasteiger partial charge in [-0.1, -0.05) is 18.2 Å². The van der Waals surface area contributed by atoms with Crippen molar-refractivity contribution in [1.82, 2.24) is 20.0 Å². The van der Waals surface area contributed by atoms with E-state index in [2.05, 4.69) is 26.5 Å². The number of nitrogens with one attached hydrogen (secondary N) is 1. The van der Waals surface area contributed by atoms with Crippen LogP contribution in [-0.4, -0.2) is 51.9 Å². The maximum atomic E-state index is 13.8. The molecule has 0 amide bonds. The van der Waals surface area contributed by atoms with Crippen LogP contribution in [0.1, 0.15) is 30.6 Å². The van der Waals surface area contributed by atoms with E-state index in [0.29, 0.717) is 5.92 Å². The van der Waals surface area contributed by atoms with Crippen molar-refractivity contribution in [2.24, 2.45) is 18.0 Å². The zero-order chi connectivity index (χ0) is 19.2. The Labute approximate surface area is 159 Å². The van der Waals surface area contributed by atoms with Crippen molar-refractivity contribution in [3.05, 3.63) is 53.6 Å². The van der Waals surface area contributed by atoms with E-state index in [1.165, 1.54) is 11.6 Å².